The Morgan fingerprint density at radius 1 is 1.22 bits per heavy atom. The van der Waals surface area contributed by atoms with Crippen LogP contribution in [-0.2, 0) is 13.1 Å². The molecule has 1 N–H and O–H groups in total. The lowest BCUT2D eigenvalue weighted by molar-refractivity contribution is 0.203. The van der Waals surface area contributed by atoms with Crippen LogP contribution in [0.25, 0.3) is 0 Å². The number of rotatable bonds is 8. The molecule has 0 bridgehead atoms. The van der Waals surface area contributed by atoms with E-state index in [1.165, 1.54) is 6.42 Å². The molecule has 1 heterocycles. The van der Waals surface area contributed by atoms with E-state index in [9.17, 15) is 0 Å². The number of nitrogens with one attached hydrogen (secondary N) is 1. The first-order valence-electron chi connectivity index (χ1n) is 7.01. The maximum Gasteiger partial charge on any atom is 0.118 e. The normalized spacial score (nSPS) is 13.5. The van der Waals surface area contributed by atoms with Crippen LogP contribution in [0.2, 0.25) is 0 Å². The van der Waals surface area contributed by atoms with Crippen molar-refractivity contribution in [3.05, 3.63) is 23.7 Å². The molecule has 1 unspecified atom stereocenters. The molecule has 0 saturated heterocycles. The molecule has 0 aliphatic rings. The minimum absolute atomic E-state index is 0.590. The van der Waals surface area contributed by atoms with Crippen LogP contribution in [0.4, 0.5) is 0 Å². The number of hydrogen-bond donors (Lipinski definition) is 1. The monoisotopic (exact) mass is 252 g/mol. The van der Waals surface area contributed by atoms with Gasteiger partial charge in [0.05, 0.1) is 13.1 Å². The van der Waals surface area contributed by atoms with Gasteiger partial charge in [-0.2, -0.15) is 0 Å². The Morgan fingerprint density at radius 3 is 2.50 bits per heavy atom. The molecule has 18 heavy (non-hydrogen) atoms. The van der Waals surface area contributed by atoms with Crippen molar-refractivity contribution < 1.29 is 4.42 Å². The first-order chi connectivity index (χ1) is 8.52. The van der Waals surface area contributed by atoms with E-state index >= 15 is 0 Å². The van der Waals surface area contributed by atoms with E-state index in [1.807, 2.05) is 0 Å². The van der Waals surface area contributed by atoms with E-state index in [-0.39, 0.29) is 0 Å². The molecule has 1 aromatic heterocycles. The van der Waals surface area contributed by atoms with Gasteiger partial charge in [-0.05, 0) is 45.0 Å². The molecule has 0 amide bonds. The fraction of sp³-hybridized carbons (Fsp3) is 0.733. The standard InChI is InChI=1S/C15H28N2O/c1-6-16-10-14-7-8-15(18-14)11-17(5)13(4)9-12(2)3/h7-8,12-13,16H,6,9-11H2,1-5H3. The highest BCUT2D eigenvalue weighted by Crippen LogP contribution is 2.15. The number of furan rings is 1. The SMILES string of the molecule is CCNCc1ccc(CN(C)C(C)CC(C)C)o1. The lowest BCUT2D eigenvalue weighted by Gasteiger charge is -2.25. The van der Waals surface area contributed by atoms with Crippen LogP contribution in [0.3, 0.4) is 0 Å². The average Bonchev–Trinajstić information content (AvgIpc) is 2.73. The largest absolute Gasteiger partial charge is 0.463 e. The summed E-state index contributed by atoms with van der Waals surface area (Å²) in [4.78, 5) is 2.36. The van der Waals surface area contributed by atoms with Crippen LogP contribution in [0.15, 0.2) is 16.5 Å². The van der Waals surface area contributed by atoms with Gasteiger partial charge in [-0.25, -0.2) is 0 Å². The van der Waals surface area contributed by atoms with Crippen LogP contribution in [0.1, 0.15) is 45.6 Å². The molecule has 0 aliphatic carbocycles. The van der Waals surface area contributed by atoms with Gasteiger partial charge in [0.1, 0.15) is 11.5 Å². The van der Waals surface area contributed by atoms with Crippen molar-refractivity contribution in [2.24, 2.45) is 5.92 Å². The Morgan fingerprint density at radius 2 is 1.89 bits per heavy atom. The Balaban J connectivity index is 2.43. The predicted molar refractivity (Wildman–Crippen MR) is 76.5 cm³/mol. The molecule has 0 radical (unpaired) electrons. The van der Waals surface area contributed by atoms with Crippen LogP contribution >= 0.6 is 0 Å². The van der Waals surface area contributed by atoms with Crippen molar-refractivity contribution in [1.29, 1.82) is 0 Å². The molecule has 0 spiro atoms. The lowest BCUT2D eigenvalue weighted by atomic mass is 10.0. The van der Waals surface area contributed by atoms with Gasteiger partial charge < -0.3 is 9.73 Å². The second-order valence-electron chi connectivity index (χ2n) is 5.54. The molecule has 0 aromatic carbocycles. The third kappa shape index (κ3) is 5.23. The Bertz CT molecular complexity index is 333. The molecule has 104 valence electrons. The lowest BCUT2D eigenvalue weighted by Crippen LogP contribution is -2.29. The number of nitrogens with zero attached hydrogens (tertiary/aromatic N) is 1. The molecule has 1 aromatic rings. The summed E-state index contributed by atoms with van der Waals surface area (Å²) in [5.74, 6) is 2.82. The summed E-state index contributed by atoms with van der Waals surface area (Å²) in [5, 5.41) is 3.27. The zero-order chi connectivity index (χ0) is 13.5. The minimum Gasteiger partial charge on any atom is -0.463 e. The van der Waals surface area contributed by atoms with Gasteiger partial charge in [-0.15, -0.1) is 0 Å². The molecule has 0 fully saturated rings. The van der Waals surface area contributed by atoms with Gasteiger partial charge in [0.2, 0.25) is 0 Å². The Hall–Kier alpha value is -0.800. The molecular weight excluding hydrogens is 224 g/mol. The summed E-state index contributed by atoms with van der Waals surface area (Å²) >= 11 is 0. The van der Waals surface area contributed by atoms with Gasteiger partial charge in [0.15, 0.2) is 0 Å². The molecule has 3 heteroatoms. The van der Waals surface area contributed by atoms with E-state index in [4.69, 9.17) is 4.42 Å². The van der Waals surface area contributed by atoms with E-state index in [1.54, 1.807) is 0 Å². The van der Waals surface area contributed by atoms with Crippen molar-refractivity contribution in [2.45, 2.75) is 53.2 Å². The molecule has 1 atom stereocenters. The zero-order valence-corrected chi connectivity index (χ0v) is 12.5. The van der Waals surface area contributed by atoms with Crippen molar-refractivity contribution in [1.82, 2.24) is 10.2 Å². The quantitative estimate of drug-likeness (QED) is 0.770. The Kier molecular flexibility index (Phi) is 6.44. The summed E-state index contributed by atoms with van der Waals surface area (Å²) in [6.45, 7) is 11.6. The maximum absolute atomic E-state index is 5.81. The van der Waals surface area contributed by atoms with E-state index in [0.29, 0.717) is 6.04 Å². The first-order valence-corrected chi connectivity index (χ1v) is 7.01. The minimum atomic E-state index is 0.590. The summed E-state index contributed by atoms with van der Waals surface area (Å²) in [6, 6.07) is 4.75. The highest BCUT2D eigenvalue weighted by Gasteiger charge is 2.13. The molecular formula is C15H28N2O. The summed E-state index contributed by atoms with van der Waals surface area (Å²) in [7, 11) is 2.17. The zero-order valence-electron chi connectivity index (χ0n) is 12.5. The summed E-state index contributed by atoms with van der Waals surface area (Å²) < 4.78 is 5.81. The van der Waals surface area contributed by atoms with Crippen molar-refractivity contribution in [3.8, 4) is 0 Å². The van der Waals surface area contributed by atoms with Gasteiger partial charge in [-0.1, -0.05) is 20.8 Å². The molecule has 0 saturated carbocycles. The van der Waals surface area contributed by atoms with Crippen molar-refractivity contribution >= 4 is 0 Å². The maximum atomic E-state index is 5.81. The Labute approximate surface area is 112 Å². The van der Waals surface area contributed by atoms with Crippen LogP contribution in [0.5, 0.6) is 0 Å². The predicted octanol–water partition coefficient (Wildman–Crippen LogP) is 3.26. The fourth-order valence-corrected chi connectivity index (χ4v) is 2.11. The van der Waals surface area contributed by atoms with E-state index < -0.39 is 0 Å². The molecule has 0 aliphatic heterocycles. The van der Waals surface area contributed by atoms with Gasteiger partial charge in [0, 0.05) is 6.04 Å². The second kappa shape index (κ2) is 7.59. The average molecular weight is 252 g/mol. The van der Waals surface area contributed by atoms with Gasteiger partial charge in [0.25, 0.3) is 0 Å². The van der Waals surface area contributed by atoms with Gasteiger partial charge >= 0.3 is 0 Å². The van der Waals surface area contributed by atoms with Gasteiger partial charge in [-0.3, -0.25) is 4.90 Å². The molecule has 1 rings (SSSR count). The summed E-state index contributed by atoms with van der Waals surface area (Å²) in [5.41, 5.74) is 0. The number of hydrogen-bond acceptors (Lipinski definition) is 3. The topological polar surface area (TPSA) is 28.4 Å². The highest BCUT2D eigenvalue weighted by atomic mass is 16.3. The van der Waals surface area contributed by atoms with Crippen LogP contribution in [0, 0.1) is 5.92 Å². The fourth-order valence-electron chi connectivity index (χ4n) is 2.11. The van der Waals surface area contributed by atoms with Crippen LogP contribution in [-0.4, -0.2) is 24.5 Å². The van der Waals surface area contributed by atoms with E-state index in [0.717, 1.165) is 37.1 Å². The highest BCUT2D eigenvalue weighted by molar-refractivity contribution is 5.07. The smallest absolute Gasteiger partial charge is 0.118 e. The third-order valence-electron chi connectivity index (χ3n) is 3.24. The van der Waals surface area contributed by atoms with E-state index in [2.05, 4.69) is 57.1 Å². The van der Waals surface area contributed by atoms with Crippen molar-refractivity contribution in [2.75, 3.05) is 13.6 Å². The molecule has 3 nitrogen and oxygen atoms in total. The van der Waals surface area contributed by atoms with Crippen molar-refractivity contribution in [3.63, 3.8) is 0 Å². The summed E-state index contributed by atoms with van der Waals surface area (Å²) in [6.07, 6.45) is 1.22. The van der Waals surface area contributed by atoms with Crippen LogP contribution < -0.4 is 5.32 Å². The first kappa shape index (κ1) is 15.3. The second-order valence-corrected chi connectivity index (χ2v) is 5.54. The third-order valence-corrected chi connectivity index (χ3v) is 3.24.